The molecule has 1 saturated heterocycles. The van der Waals surface area contributed by atoms with Gasteiger partial charge in [0, 0.05) is 30.3 Å². The molecular formula is C23H26N2O4. The number of nitrogens with zero attached hydrogens (tertiary/aromatic N) is 1. The van der Waals surface area contributed by atoms with Crippen molar-refractivity contribution in [2.45, 2.75) is 26.7 Å². The standard InChI is InChI=1S/C23H26N2O4/c1-16-3-9-21(10-4-16)29-15-22(27)25-13-11-19(12-14-25)23(28)24-20-7-5-18(6-8-20)17(2)26/h3-10,19H,11-15H2,1-2H3,(H,24,28). The van der Waals surface area contributed by atoms with Gasteiger partial charge in [0.15, 0.2) is 12.4 Å². The zero-order valence-corrected chi connectivity index (χ0v) is 16.8. The highest BCUT2D eigenvalue weighted by molar-refractivity contribution is 5.96. The number of aryl methyl sites for hydroxylation is 1. The van der Waals surface area contributed by atoms with Crippen LogP contribution in [0.15, 0.2) is 48.5 Å². The van der Waals surface area contributed by atoms with Crippen LogP contribution in [0.3, 0.4) is 0 Å². The number of amides is 2. The minimum absolute atomic E-state index is 0.00240. The summed E-state index contributed by atoms with van der Waals surface area (Å²) in [6, 6.07) is 14.4. The van der Waals surface area contributed by atoms with Gasteiger partial charge in [0.2, 0.25) is 5.91 Å². The molecule has 6 heteroatoms. The quantitative estimate of drug-likeness (QED) is 0.762. The lowest BCUT2D eigenvalue weighted by Crippen LogP contribution is -2.43. The molecule has 0 saturated carbocycles. The molecule has 0 spiro atoms. The highest BCUT2D eigenvalue weighted by Crippen LogP contribution is 2.20. The number of nitrogens with one attached hydrogen (secondary N) is 1. The van der Waals surface area contributed by atoms with E-state index >= 15 is 0 Å². The Bertz CT molecular complexity index is 867. The van der Waals surface area contributed by atoms with E-state index in [0.29, 0.717) is 42.9 Å². The summed E-state index contributed by atoms with van der Waals surface area (Å²) in [4.78, 5) is 37.9. The molecule has 2 aromatic rings. The maximum Gasteiger partial charge on any atom is 0.260 e. The van der Waals surface area contributed by atoms with Crippen molar-refractivity contribution in [1.82, 2.24) is 4.90 Å². The van der Waals surface area contributed by atoms with Crippen molar-refractivity contribution in [3.8, 4) is 5.75 Å². The third-order valence-electron chi connectivity index (χ3n) is 5.16. The SMILES string of the molecule is CC(=O)c1ccc(NC(=O)C2CCN(C(=O)COc3ccc(C)cc3)CC2)cc1. The predicted octanol–water partition coefficient (Wildman–Crippen LogP) is 3.45. The van der Waals surface area contributed by atoms with Crippen molar-refractivity contribution in [3.63, 3.8) is 0 Å². The monoisotopic (exact) mass is 394 g/mol. The highest BCUT2D eigenvalue weighted by Gasteiger charge is 2.27. The average molecular weight is 394 g/mol. The van der Waals surface area contributed by atoms with Crippen LogP contribution in [0.25, 0.3) is 0 Å². The number of hydrogen-bond donors (Lipinski definition) is 1. The van der Waals surface area contributed by atoms with E-state index in [0.717, 1.165) is 5.56 Å². The molecule has 0 radical (unpaired) electrons. The lowest BCUT2D eigenvalue weighted by atomic mass is 9.95. The van der Waals surface area contributed by atoms with Gasteiger partial charge >= 0.3 is 0 Å². The third kappa shape index (κ3) is 5.67. The van der Waals surface area contributed by atoms with E-state index in [1.165, 1.54) is 6.92 Å². The number of rotatable bonds is 6. The number of benzene rings is 2. The molecule has 1 fully saturated rings. The molecule has 2 aromatic carbocycles. The highest BCUT2D eigenvalue weighted by atomic mass is 16.5. The van der Waals surface area contributed by atoms with Crippen LogP contribution in [0, 0.1) is 12.8 Å². The summed E-state index contributed by atoms with van der Waals surface area (Å²) in [5.74, 6) is 0.415. The Labute approximate surface area is 170 Å². The number of hydrogen-bond acceptors (Lipinski definition) is 4. The van der Waals surface area contributed by atoms with E-state index in [9.17, 15) is 14.4 Å². The van der Waals surface area contributed by atoms with Gasteiger partial charge in [0.25, 0.3) is 5.91 Å². The fourth-order valence-corrected chi connectivity index (χ4v) is 3.29. The van der Waals surface area contributed by atoms with E-state index in [1.54, 1.807) is 29.2 Å². The number of ketones is 1. The van der Waals surface area contributed by atoms with Crippen molar-refractivity contribution in [2.75, 3.05) is 25.0 Å². The molecule has 6 nitrogen and oxygen atoms in total. The molecule has 1 aliphatic rings. The van der Waals surface area contributed by atoms with E-state index in [2.05, 4.69) is 5.32 Å². The van der Waals surface area contributed by atoms with Gasteiger partial charge in [-0.25, -0.2) is 0 Å². The minimum Gasteiger partial charge on any atom is -0.484 e. The Kier molecular flexibility index (Phi) is 6.65. The second-order valence-electron chi connectivity index (χ2n) is 7.38. The lowest BCUT2D eigenvalue weighted by molar-refractivity contribution is -0.136. The van der Waals surface area contributed by atoms with Gasteiger partial charge in [-0.1, -0.05) is 17.7 Å². The fraction of sp³-hybridized carbons (Fsp3) is 0.348. The summed E-state index contributed by atoms with van der Waals surface area (Å²) >= 11 is 0. The Morgan fingerprint density at radius 3 is 2.21 bits per heavy atom. The van der Waals surface area contributed by atoms with Crippen molar-refractivity contribution in [2.24, 2.45) is 5.92 Å². The van der Waals surface area contributed by atoms with Gasteiger partial charge in [-0.05, 0) is 63.1 Å². The van der Waals surface area contributed by atoms with E-state index in [-0.39, 0.29) is 30.1 Å². The Hall–Kier alpha value is -3.15. The molecule has 1 aliphatic heterocycles. The zero-order chi connectivity index (χ0) is 20.8. The summed E-state index contributed by atoms with van der Waals surface area (Å²) in [6.07, 6.45) is 1.24. The number of ether oxygens (including phenoxy) is 1. The summed E-state index contributed by atoms with van der Waals surface area (Å²) < 4.78 is 5.56. The predicted molar refractivity (Wildman–Crippen MR) is 111 cm³/mol. The smallest absolute Gasteiger partial charge is 0.260 e. The first kappa shape index (κ1) is 20.6. The average Bonchev–Trinajstić information content (AvgIpc) is 2.73. The van der Waals surface area contributed by atoms with Gasteiger partial charge in [-0.15, -0.1) is 0 Å². The van der Waals surface area contributed by atoms with Crippen LogP contribution in [-0.2, 0) is 9.59 Å². The fourth-order valence-electron chi connectivity index (χ4n) is 3.29. The van der Waals surface area contributed by atoms with Crippen molar-refractivity contribution < 1.29 is 19.1 Å². The van der Waals surface area contributed by atoms with Crippen molar-refractivity contribution >= 4 is 23.3 Å². The van der Waals surface area contributed by atoms with Crippen LogP contribution in [0.2, 0.25) is 0 Å². The topological polar surface area (TPSA) is 75.7 Å². The number of anilines is 1. The second-order valence-corrected chi connectivity index (χ2v) is 7.38. The zero-order valence-electron chi connectivity index (χ0n) is 16.8. The number of carbonyl (C=O) groups excluding carboxylic acids is 3. The van der Waals surface area contributed by atoms with Crippen molar-refractivity contribution in [1.29, 1.82) is 0 Å². The summed E-state index contributed by atoms with van der Waals surface area (Å²) in [6.45, 7) is 4.59. The summed E-state index contributed by atoms with van der Waals surface area (Å²) in [5, 5.41) is 2.89. The summed E-state index contributed by atoms with van der Waals surface area (Å²) in [5.41, 5.74) is 2.42. The van der Waals surface area contributed by atoms with E-state index in [4.69, 9.17) is 4.74 Å². The van der Waals surface area contributed by atoms with Gasteiger partial charge in [-0.2, -0.15) is 0 Å². The van der Waals surface area contributed by atoms with Gasteiger partial charge in [0.1, 0.15) is 5.75 Å². The summed E-state index contributed by atoms with van der Waals surface area (Å²) in [7, 11) is 0. The molecule has 0 bridgehead atoms. The largest absolute Gasteiger partial charge is 0.484 e. The second kappa shape index (κ2) is 9.37. The molecular weight excluding hydrogens is 368 g/mol. The van der Waals surface area contributed by atoms with Crippen LogP contribution in [0.1, 0.15) is 35.7 Å². The van der Waals surface area contributed by atoms with Crippen LogP contribution in [0.4, 0.5) is 5.69 Å². The lowest BCUT2D eigenvalue weighted by Gasteiger charge is -2.31. The first-order valence-electron chi connectivity index (χ1n) is 9.81. The van der Waals surface area contributed by atoms with Crippen LogP contribution >= 0.6 is 0 Å². The molecule has 2 amide bonds. The maximum atomic E-state index is 12.5. The van der Waals surface area contributed by atoms with Gasteiger partial charge in [-0.3, -0.25) is 14.4 Å². The Balaban J connectivity index is 1.44. The normalized spacial score (nSPS) is 14.3. The van der Waals surface area contributed by atoms with E-state index in [1.807, 2.05) is 31.2 Å². The molecule has 0 unspecified atom stereocenters. The number of likely N-dealkylation sites (tertiary alicyclic amines) is 1. The molecule has 0 aliphatic carbocycles. The van der Waals surface area contributed by atoms with Crippen LogP contribution in [0.5, 0.6) is 5.75 Å². The number of carbonyl (C=O) groups is 3. The molecule has 152 valence electrons. The minimum atomic E-state index is -0.135. The number of Topliss-reactive ketones (excluding diaryl/α,β-unsaturated/α-hetero) is 1. The van der Waals surface area contributed by atoms with Gasteiger partial charge < -0.3 is 15.0 Å². The first-order chi connectivity index (χ1) is 13.9. The molecule has 1 heterocycles. The number of piperidine rings is 1. The molecule has 0 aromatic heterocycles. The van der Waals surface area contributed by atoms with Gasteiger partial charge in [0.05, 0.1) is 0 Å². The maximum absolute atomic E-state index is 12.5. The molecule has 0 atom stereocenters. The van der Waals surface area contributed by atoms with Crippen LogP contribution in [-0.4, -0.2) is 42.2 Å². The van der Waals surface area contributed by atoms with E-state index < -0.39 is 0 Å². The van der Waals surface area contributed by atoms with Crippen LogP contribution < -0.4 is 10.1 Å². The third-order valence-corrected chi connectivity index (χ3v) is 5.16. The molecule has 3 rings (SSSR count). The Morgan fingerprint density at radius 2 is 1.62 bits per heavy atom. The first-order valence-corrected chi connectivity index (χ1v) is 9.81. The molecule has 1 N–H and O–H groups in total. The molecule has 29 heavy (non-hydrogen) atoms. The Morgan fingerprint density at radius 1 is 1.00 bits per heavy atom. The van der Waals surface area contributed by atoms with Crippen molar-refractivity contribution in [3.05, 3.63) is 59.7 Å².